The van der Waals surface area contributed by atoms with Gasteiger partial charge in [0.2, 0.25) is 29.4 Å². The van der Waals surface area contributed by atoms with Crippen LogP contribution in [0, 0.1) is 11.3 Å². The Balaban J connectivity index is 1.28. The molecule has 4 aliphatic rings. The largest absolute Gasteiger partial charge is 0.344 e. The molecule has 4 heterocycles. The number of nitrogens with one attached hydrogen (secondary N) is 4. The van der Waals surface area contributed by atoms with Gasteiger partial charge in [0.05, 0.1) is 30.9 Å². The van der Waals surface area contributed by atoms with Crippen molar-refractivity contribution in [3.05, 3.63) is 60.2 Å². The molecule has 3 aliphatic heterocycles. The molecule has 4 N–H and O–H groups in total. The van der Waals surface area contributed by atoms with E-state index >= 15 is 4.79 Å². The zero-order valence-electron chi connectivity index (χ0n) is 35.7. The summed E-state index contributed by atoms with van der Waals surface area (Å²) in [6.07, 6.45) is 10.6. The summed E-state index contributed by atoms with van der Waals surface area (Å²) < 4.78 is 0. The first kappa shape index (κ1) is 44.3. The second-order valence-corrected chi connectivity index (χ2v) is 18.0. The van der Waals surface area contributed by atoms with Crippen molar-refractivity contribution >= 4 is 41.2 Å². The Morgan fingerprint density at radius 3 is 2.28 bits per heavy atom. The average molecular weight is 828 g/mol. The maximum atomic E-state index is 15.2. The summed E-state index contributed by atoms with van der Waals surface area (Å²) in [5.74, 6) is -4.16. The number of benzene rings is 1. The molecule has 1 aromatic heterocycles. The highest BCUT2D eigenvalue weighted by atomic mass is 16.2. The van der Waals surface area contributed by atoms with Crippen LogP contribution in [0.1, 0.15) is 121 Å². The summed E-state index contributed by atoms with van der Waals surface area (Å²) in [5.41, 5.74) is -1.01. The molecule has 16 nitrogen and oxygen atoms in total. The maximum Gasteiger partial charge on any atom is 0.290 e. The lowest BCUT2D eigenvalue weighted by atomic mass is 9.82. The third kappa shape index (κ3) is 9.22. The summed E-state index contributed by atoms with van der Waals surface area (Å²) in [6, 6.07) is 3.92. The number of carbonyl (C=O) groups is 7. The number of aromatic nitrogens is 2. The minimum atomic E-state index is -1.17. The highest BCUT2D eigenvalue weighted by Crippen LogP contribution is 2.45. The van der Waals surface area contributed by atoms with E-state index in [0.717, 1.165) is 31.2 Å². The van der Waals surface area contributed by atoms with Crippen LogP contribution >= 0.6 is 0 Å². The van der Waals surface area contributed by atoms with Crippen LogP contribution in [0.4, 0.5) is 0 Å². The number of Topliss-reactive ketones (excluding diaryl/α,β-unsaturated/α-hetero) is 1. The number of nitrogens with zero attached hydrogens (tertiary/aromatic N) is 5. The van der Waals surface area contributed by atoms with Gasteiger partial charge in [-0.05, 0) is 55.9 Å². The lowest BCUT2D eigenvalue weighted by Crippen LogP contribution is -2.62. The maximum absolute atomic E-state index is 15.2. The Kier molecular flexibility index (Phi) is 13.7. The number of ketones is 1. The van der Waals surface area contributed by atoms with Crippen LogP contribution in [0.5, 0.6) is 0 Å². The lowest BCUT2D eigenvalue weighted by molar-refractivity contribution is -0.145. The third-order valence-electron chi connectivity index (χ3n) is 12.9. The van der Waals surface area contributed by atoms with Crippen molar-refractivity contribution < 1.29 is 33.6 Å². The molecule has 6 amide bonds. The van der Waals surface area contributed by atoms with Crippen molar-refractivity contribution in [2.75, 3.05) is 20.1 Å². The molecule has 2 unspecified atom stereocenters. The number of carbonyl (C=O) groups excluding carboxylic acids is 7. The van der Waals surface area contributed by atoms with E-state index in [1.165, 1.54) is 23.5 Å². The molecule has 324 valence electrons. The van der Waals surface area contributed by atoms with Crippen molar-refractivity contribution in [1.29, 1.82) is 0 Å². The summed E-state index contributed by atoms with van der Waals surface area (Å²) in [7, 11) is 1.70. The van der Waals surface area contributed by atoms with E-state index in [1.807, 2.05) is 58.0 Å². The molecule has 16 heteroatoms. The van der Waals surface area contributed by atoms with E-state index in [4.69, 9.17) is 0 Å². The van der Waals surface area contributed by atoms with Crippen LogP contribution in [-0.4, -0.2) is 122 Å². The molecule has 1 aromatic carbocycles. The van der Waals surface area contributed by atoms with Gasteiger partial charge in [-0.15, -0.1) is 0 Å². The van der Waals surface area contributed by atoms with Crippen LogP contribution in [0.2, 0.25) is 0 Å². The number of rotatable bonds is 14. The number of amides is 6. The summed E-state index contributed by atoms with van der Waals surface area (Å²) in [5, 5.41) is 11.5. The van der Waals surface area contributed by atoms with Crippen molar-refractivity contribution in [2.24, 2.45) is 11.3 Å². The molecule has 1 aliphatic carbocycles. The Bertz CT molecular complexity index is 1920. The second kappa shape index (κ2) is 18.6. The smallest absolute Gasteiger partial charge is 0.290 e. The van der Waals surface area contributed by atoms with E-state index in [1.54, 1.807) is 18.9 Å². The lowest BCUT2D eigenvalue weighted by Gasteiger charge is -2.39. The highest BCUT2D eigenvalue weighted by Gasteiger charge is 2.64. The summed E-state index contributed by atoms with van der Waals surface area (Å²) in [6.45, 7) is 9.65. The molecule has 2 aromatic rings. The Morgan fingerprint density at radius 1 is 0.917 bits per heavy atom. The highest BCUT2D eigenvalue weighted by molar-refractivity contribution is 6.38. The van der Waals surface area contributed by atoms with Crippen molar-refractivity contribution in [3.8, 4) is 0 Å². The first-order valence-corrected chi connectivity index (χ1v) is 21.5. The van der Waals surface area contributed by atoms with Gasteiger partial charge < -0.3 is 31.1 Å². The SMILES string of the molecule is CCCC(NC(=O)[C@@H]1CC2(CN1C(=O)[C@@H](NC(=O)[C@@H](NC(=O)c1cnccn1)C1CCCCC1)C(C)(C)C)N(C)C(=O)[C@@H]1CCCN12)C(=O)C(=O)N[C@@H](C)c1ccccc1. The van der Waals surface area contributed by atoms with Gasteiger partial charge >= 0.3 is 0 Å². The standard InChI is InChI=1S/C44H61N9O7/c1-7-15-30(35(54)40(58)47-27(2)28-16-10-8-11-17-28)48-38(56)33-24-44(51(6)41(59)32-20-14-23-53(32)44)26-52(33)42(60)36(43(3,4)5)50-39(57)34(29-18-12-9-13-19-29)49-37(55)31-25-45-21-22-46-31/h8,10-11,16-17,21-22,25,27,29-30,32-34,36H,7,9,12-15,18-20,23-24,26H2,1-6H3,(H,47,58)(H,48,56)(H,49,55)(H,50,57)/t27-,30?,32-,33-,34-,36+,44?/m0/s1. The van der Waals surface area contributed by atoms with Crippen molar-refractivity contribution in [3.63, 3.8) is 0 Å². The molecule has 7 atom stereocenters. The zero-order valence-corrected chi connectivity index (χ0v) is 35.7. The monoisotopic (exact) mass is 827 g/mol. The molecule has 1 saturated carbocycles. The molecule has 60 heavy (non-hydrogen) atoms. The predicted octanol–water partition coefficient (Wildman–Crippen LogP) is 2.65. The van der Waals surface area contributed by atoms with Crippen molar-refractivity contribution in [1.82, 2.24) is 45.9 Å². The number of fused-ring (bicyclic) bond motifs is 2. The fraction of sp³-hybridized carbons (Fsp3) is 0.614. The van der Waals surface area contributed by atoms with Gasteiger partial charge in [-0.1, -0.05) is 83.7 Å². The van der Waals surface area contributed by atoms with Gasteiger partial charge in [0.25, 0.3) is 11.8 Å². The molecular formula is C44H61N9O7. The van der Waals surface area contributed by atoms with Gasteiger partial charge in [-0.2, -0.15) is 0 Å². The molecule has 3 saturated heterocycles. The van der Waals surface area contributed by atoms with Crippen molar-refractivity contribution in [2.45, 2.75) is 141 Å². The van der Waals surface area contributed by atoms with Crippen LogP contribution in [-0.2, 0) is 28.8 Å². The Morgan fingerprint density at radius 2 is 1.63 bits per heavy atom. The normalized spacial score (nSPS) is 24.0. The molecular weight excluding hydrogens is 767 g/mol. The van der Waals surface area contributed by atoms with E-state index in [0.29, 0.717) is 32.2 Å². The average Bonchev–Trinajstić information content (AvgIpc) is 3.95. The van der Waals surface area contributed by atoms with Crippen LogP contribution in [0.15, 0.2) is 48.9 Å². The molecule has 1 spiro atoms. The molecule has 0 bridgehead atoms. The summed E-state index contributed by atoms with van der Waals surface area (Å²) in [4.78, 5) is 112. The molecule has 0 radical (unpaired) electrons. The fourth-order valence-electron chi connectivity index (χ4n) is 9.55. The topological polar surface area (TPSA) is 203 Å². The zero-order chi connectivity index (χ0) is 43.4. The quantitative estimate of drug-likeness (QED) is 0.205. The van der Waals surface area contributed by atoms with Crippen LogP contribution in [0.3, 0.4) is 0 Å². The van der Waals surface area contributed by atoms with E-state index in [2.05, 4.69) is 36.1 Å². The molecule has 4 fully saturated rings. The fourth-order valence-corrected chi connectivity index (χ4v) is 9.55. The van der Waals surface area contributed by atoms with Crippen LogP contribution < -0.4 is 21.3 Å². The van der Waals surface area contributed by atoms with E-state index in [-0.39, 0.29) is 42.9 Å². The number of hydrogen-bond acceptors (Lipinski definition) is 10. The van der Waals surface area contributed by atoms with Gasteiger partial charge in [0.15, 0.2) is 0 Å². The van der Waals surface area contributed by atoms with Gasteiger partial charge in [-0.25, -0.2) is 4.98 Å². The van der Waals surface area contributed by atoms with Crippen LogP contribution in [0.25, 0.3) is 0 Å². The first-order chi connectivity index (χ1) is 28.6. The first-order valence-electron chi connectivity index (χ1n) is 21.5. The van der Waals surface area contributed by atoms with Gasteiger partial charge in [0.1, 0.15) is 29.5 Å². The number of likely N-dealkylation sites (tertiary alicyclic amines) is 1. The van der Waals surface area contributed by atoms with E-state index < -0.39 is 76.6 Å². The van der Waals surface area contributed by atoms with Gasteiger partial charge in [-0.3, -0.25) is 43.4 Å². The third-order valence-corrected chi connectivity index (χ3v) is 12.9. The Hall–Kier alpha value is -5.25. The second-order valence-electron chi connectivity index (χ2n) is 18.0. The minimum absolute atomic E-state index is 0.0119. The predicted molar refractivity (Wildman–Crippen MR) is 221 cm³/mol. The number of likely N-dealkylation sites (N-methyl/N-ethyl adjacent to an activating group) is 1. The molecule has 6 rings (SSSR count). The van der Waals surface area contributed by atoms with E-state index in [9.17, 15) is 28.8 Å². The Labute approximate surface area is 352 Å². The summed E-state index contributed by atoms with van der Waals surface area (Å²) >= 11 is 0. The number of hydrogen-bond donors (Lipinski definition) is 4. The van der Waals surface area contributed by atoms with Gasteiger partial charge in [0, 0.05) is 32.4 Å². The minimum Gasteiger partial charge on any atom is -0.344 e.